The van der Waals surface area contributed by atoms with Gasteiger partial charge in [-0.05, 0) is 26.0 Å². The first kappa shape index (κ1) is 9.29. The minimum atomic E-state index is -0.593. The Morgan fingerprint density at radius 3 is 2.25 bits per heavy atom. The second-order valence-corrected chi connectivity index (χ2v) is 2.98. The Morgan fingerprint density at radius 2 is 1.83 bits per heavy atom. The lowest BCUT2D eigenvalue weighted by atomic mass is 10.3. The SMILES string of the molecule is Cc1ccc(C)n1C(O)CCO. The Hall–Kier alpha value is -0.800. The van der Waals surface area contributed by atoms with Crippen LogP contribution in [0.1, 0.15) is 24.0 Å². The van der Waals surface area contributed by atoms with Crippen molar-refractivity contribution in [1.29, 1.82) is 0 Å². The molecule has 3 heteroatoms. The van der Waals surface area contributed by atoms with Gasteiger partial charge < -0.3 is 14.8 Å². The minimum Gasteiger partial charge on any atom is -0.396 e. The first-order valence-electron chi connectivity index (χ1n) is 4.10. The molecule has 0 aromatic carbocycles. The van der Waals surface area contributed by atoms with Crippen molar-refractivity contribution >= 4 is 0 Å². The van der Waals surface area contributed by atoms with E-state index in [-0.39, 0.29) is 6.61 Å². The Kier molecular flexibility index (Phi) is 2.89. The molecule has 68 valence electrons. The molecular weight excluding hydrogens is 154 g/mol. The molecule has 1 aromatic rings. The molecule has 0 spiro atoms. The number of nitrogens with zero attached hydrogens (tertiary/aromatic N) is 1. The molecule has 1 aromatic heterocycles. The predicted octanol–water partition coefficient (Wildman–Crippen LogP) is 0.978. The highest BCUT2D eigenvalue weighted by molar-refractivity contribution is 5.14. The third-order valence-electron chi connectivity index (χ3n) is 2.01. The van der Waals surface area contributed by atoms with E-state index >= 15 is 0 Å². The third-order valence-corrected chi connectivity index (χ3v) is 2.01. The predicted molar refractivity (Wildman–Crippen MR) is 46.9 cm³/mol. The summed E-state index contributed by atoms with van der Waals surface area (Å²) in [7, 11) is 0. The van der Waals surface area contributed by atoms with Crippen LogP contribution >= 0.6 is 0 Å². The van der Waals surface area contributed by atoms with Crippen molar-refractivity contribution in [3.8, 4) is 0 Å². The van der Waals surface area contributed by atoms with Crippen LogP contribution in [-0.4, -0.2) is 21.4 Å². The molecule has 1 atom stereocenters. The summed E-state index contributed by atoms with van der Waals surface area (Å²) >= 11 is 0. The van der Waals surface area contributed by atoms with Gasteiger partial charge in [-0.1, -0.05) is 0 Å². The van der Waals surface area contributed by atoms with Crippen LogP contribution in [0.25, 0.3) is 0 Å². The summed E-state index contributed by atoms with van der Waals surface area (Å²) in [5, 5.41) is 18.2. The molecular formula is C9H15NO2. The average molecular weight is 169 g/mol. The number of aryl methyl sites for hydroxylation is 2. The molecule has 1 rings (SSSR count). The monoisotopic (exact) mass is 169 g/mol. The smallest absolute Gasteiger partial charge is 0.132 e. The summed E-state index contributed by atoms with van der Waals surface area (Å²) in [6, 6.07) is 3.91. The van der Waals surface area contributed by atoms with Gasteiger partial charge >= 0.3 is 0 Å². The van der Waals surface area contributed by atoms with Gasteiger partial charge in [0.2, 0.25) is 0 Å². The summed E-state index contributed by atoms with van der Waals surface area (Å²) in [4.78, 5) is 0. The Bertz CT molecular complexity index is 236. The van der Waals surface area contributed by atoms with Gasteiger partial charge in [0.05, 0.1) is 0 Å². The van der Waals surface area contributed by atoms with Crippen LogP contribution in [0.15, 0.2) is 12.1 Å². The quantitative estimate of drug-likeness (QED) is 0.708. The molecule has 0 amide bonds. The first-order chi connectivity index (χ1) is 5.66. The average Bonchev–Trinajstić information content (AvgIpc) is 2.32. The normalized spacial score (nSPS) is 13.3. The van der Waals surface area contributed by atoms with Gasteiger partial charge in [0.1, 0.15) is 6.23 Å². The van der Waals surface area contributed by atoms with Crippen molar-refractivity contribution in [2.45, 2.75) is 26.5 Å². The van der Waals surface area contributed by atoms with E-state index in [1.54, 1.807) is 0 Å². The van der Waals surface area contributed by atoms with Crippen molar-refractivity contribution in [3.05, 3.63) is 23.5 Å². The van der Waals surface area contributed by atoms with Crippen molar-refractivity contribution in [2.24, 2.45) is 0 Å². The molecule has 0 saturated heterocycles. The highest BCUT2D eigenvalue weighted by atomic mass is 16.3. The zero-order valence-corrected chi connectivity index (χ0v) is 7.49. The van der Waals surface area contributed by atoms with Crippen molar-refractivity contribution in [2.75, 3.05) is 6.61 Å². The molecule has 12 heavy (non-hydrogen) atoms. The molecule has 0 fully saturated rings. The van der Waals surface area contributed by atoms with Crippen LogP contribution in [-0.2, 0) is 0 Å². The molecule has 1 heterocycles. The van der Waals surface area contributed by atoms with Crippen molar-refractivity contribution < 1.29 is 10.2 Å². The fraction of sp³-hybridized carbons (Fsp3) is 0.556. The van der Waals surface area contributed by atoms with Crippen molar-refractivity contribution in [1.82, 2.24) is 4.57 Å². The molecule has 0 bridgehead atoms. The van der Waals surface area contributed by atoms with E-state index in [9.17, 15) is 5.11 Å². The maximum Gasteiger partial charge on any atom is 0.132 e. The Morgan fingerprint density at radius 1 is 1.33 bits per heavy atom. The summed E-state index contributed by atoms with van der Waals surface area (Å²) in [5.74, 6) is 0. The first-order valence-corrected chi connectivity index (χ1v) is 4.10. The summed E-state index contributed by atoms with van der Waals surface area (Å²) in [5.41, 5.74) is 2.04. The summed E-state index contributed by atoms with van der Waals surface area (Å²) in [6.45, 7) is 3.89. The van der Waals surface area contributed by atoms with E-state index in [0.29, 0.717) is 6.42 Å². The zero-order valence-electron chi connectivity index (χ0n) is 7.49. The van der Waals surface area contributed by atoms with Crippen LogP contribution in [0.4, 0.5) is 0 Å². The van der Waals surface area contributed by atoms with Crippen molar-refractivity contribution in [3.63, 3.8) is 0 Å². The lowest BCUT2D eigenvalue weighted by Gasteiger charge is -2.15. The minimum absolute atomic E-state index is 0.0121. The van der Waals surface area contributed by atoms with Gasteiger partial charge in [0, 0.05) is 24.4 Å². The number of aliphatic hydroxyl groups is 2. The number of hydrogen-bond donors (Lipinski definition) is 2. The van der Waals surface area contributed by atoms with Crippen LogP contribution in [0.5, 0.6) is 0 Å². The number of aromatic nitrogens is 1. The Labute approximate surface area is 72.3 Å². The van der Waals surface area contributed by atoms with E-state index in [2.05, 4.69) is 0 Å². The highest BCUT2D eigenvalue weighted by Gasteiger charge is 2.09. The van der Waals surface area contributed by atoms with Gasteiger partial charge in [-0.25, -0.2) is 0 Å². The molecule has 0 aliphatic rings. The zero-order chi connectivity index (χ0) is 9.14. The van der Waals surface area contributed by atoms with Crippen LogP contribution in [0.3, 0.4) is 0 Å². The van der Waals surface area contributed by atoms with Gasteiger partial charge in [0.15, 0.2) is 0 Å². The molecule has 2 N–H and O–H groups in total. The topological polar surface area (TPSA) is 45.4 Å². The number of rotatable bonds is 3. The largest absolute Gasteiger partial charge is 0.396 e. The maximum absolute atomic E-state index is 9.57. The molecule has 3 nitrogen and oxygen atoms in total. The van der Waals surface area contributed by atoms with Crippen LogP contribution < -0.4 is 0 Å². The number of aliphatic hydroxyl groups excluding tert-OH is 2. The fourth-order valence-corrected chi connectivity index (χ4v) is 1.39. The fourth-order valence-electron chi connectivity index (χ4n) is 1.39. The van der Waals surface area contributed by atoms with Gasteiger partial charge in [-0.15, -0.1) is 0 Å². The van der Waals surface area contributed by atoms with E-state index in [4.69, 9.17) is 5.11 Å². The molecule has 0 aliphatic heterocycles. The molecule has 0 saturated carbocycles. The van der Waals surface area contributed by atoms with Gasteiger partial charge in [0.25, 0.3) is 0 Å². The Balaban J connectivity index is 2.85. The molecule has 0 aliphatic carbocycles. The van der Waals surface area contributed by atoms with Gasteiger partial charge in [-0.2, -0.15) is 0 Å². The molecule has 1 unspecified atom stereocenters. The summed E-state index contributed by atoms with van der Waals surface area (Å²) in [6.07, 6.45) is -0.207. The van der Waals surface area contributed by atoms with Crippen LogP contribution in [0.2, 0.25) is 0 Å². The highest BCUT2D eigenvalue weighted by Crippen LogP contribution is 2.15. The number of hydrogen-bond acceptors (Lipinski definition) is 2. The third kappa shape index (κ3) is 1.68. The summed E-state index contributed by atoms with van der Waals surface area (Å²) < 4.78 is 1.82. The molecule has 0 radical (unpaired) electrons. The second kappa shape index (κ2) is 3.74. The lowest BCUT2D eigenvalue weighted by molar-refractivity contribution is 0.0700. The van der Waals surface area contributed by atoms with E-state index in [0.717, 1.165) is 11.4 Å². The lowest BCUT2D eigenvalue weighted by Crippen LogP contribution is -2.12. The van der Waals surface area contributed by atoms with E-state index in [1.165, 1.54) is 0 Å². The second-order valence-electron chi connectivity index (χ2n) is 2.98. The van der Waals surface area contributed by atoms with E-state index in [1.807, 2.05) is 30.5 Å². The standard InChI is InChI=1S/C9H15NO2/c1-7-3-4-8(2)10(7)9(12)5-6-11/h3-4,9,11-12H,5-6H2,1-2H3. The van der Waals surface area contributed by atoms with Gasteiger partial charge in [-0.3, -0.25) is 0 Å². The maximum atomic E-state index is 9.57. The van der Waals surface area contributed by atoms with E-state index < -0.39 is 6.23 Å². The van der Waals surface area contributed by atoms with Crippen LogP contribution in [0, 0.1) is 13.8 Å².